The summed E-state index contributed by atoms with van der Waals surface area (Å²) in [5, 5.41) is 2.85. The molecule has 0 bridgehead atoms. The molecule has 0 aliphatic carbocycles. The molecule has 0 spiro atoms. The van der Waals surface area contributed by atoms with Gasteiger partial charge in [-0.1, -0.05) is 32.0 Å². The van der Waals surface area contributed by atoms with E-state index in [2.05, 4.69) is 24.1 Å². The van der Waals surface area contributed by atoms with Crippen LogP contribution in [0.25, 0.3) is 5.69 Å². The average Bonchev–Trinajstić information content (AvgIpc) is 2.95. The zero-order valence-corrected chi connectivity index (χ0v) is 18.6. The highest BCUT2D eigenvalue weighted by Crippen LogP contribution is 2.16. The van der Waals surface area contributed by atoms with E-state index in [9.17, 15) is 9.59 Å². The first-order chi connectivity index (χ1) is 14.4. The Labute approximate surface area is 178 Å². The van der Waals surface area contributed by atoms with Gasteiger partial charge in [0.1, 0.15) is 5.69 Å². The number of benzene rings is 1. The molecule has 7 heteroatoms. The van der Waals surface area contributed by atoms with E-state index in [-0.39, 0.29) is 11.5 Å². The minimum Gasteiger partial charge on any atom is -0.378 e. The molecular weight excluding hydrogens is 380 g/mol. The predicted molar refractivity (Wildman–Crippen MR) is 119 cm³/mol. The van der Waals surface area contributed by atoms with Gasteiger partial charge in [0.15, 0.2) is 0 Å². The molecular formula is C23H34N4O3. The quantitative estimate of drug-likeness (QED) is 0.721. The van der Waals surface area contributed by atoms with E-state index < -0.39 is 0 Å². The summed E-state index contributed by atoms with van der Waals surface area (Å²) >= 11 is 0. The summed E-state index contributed by atoms with van der Waals surface area (Å²) in [7, 11) is 1.82. The second-order valence-electron chi connectivity index (χ2n) is 8.50. The fourth-order valence-corrected chi connectivity index (χ4v) is 3.80. The number of hydrogen-bond donors (Lipinski definition) is 1. The molecule has 0 radical (unpaired) electrons. The summed E-state index contributed by atoms with van der Waals surface area (Å²) in [6, 6.07) is 9.44. The third-order valence-corrected chi connectivity index (χ3v) is 5.67. The first kappa shape index (κ1) is 22.3. The molecule has 3 rings (SSSR count). The molecule has 2 heterocycles. The zero-order valence-electron chi connectivity index (χ0n) is 18.6. The summed E-state index contributed by atoms with van der Waals surface area (Å²) in [6.45, 7) is 9.57. The van der Waals surface area contributed by atoms with E-state index in [0.29, 0.717) is 30.7 Å². The number of hydrogen-bond acceptors (Lipinski definition) is 4. The van der Waals surface area contributed by atoms with Crippen molar-refractivity contribution >= 4 is 11.6 Å². The van der Waals surface area contributed by atoms with Crippen LogP contribution in [0.4, 0.5) is 5.69 Å². The van der Waals surface area contributed by atoms with Crippen molar-refractivity contribution in [3.05, 3.63) is 46.4 Å². The van der Waals surface area contributed by atoms with Gasteiger partial charge in [0, 0.05) is 39.7 Å². The number of para-hydroxylation sites is 1. The van der Waals surface area contributed by atoms with Crippen LogP contribution in [0.1, 0.15) is 38.8 Å². The topological polar surface area (TPSA) is 68.5 Å². The van der Waals surface area contributed by atoms with Crippen LogP contribution in [-0.2, 0) is 16.6 Å². The number of ether oxygens (including phenoxy) is 1. The van der Waals surface area contributed by atoms with Crippen LogP contribution in [0.3, 0.4) is 0 Å². The van der Waals surface area contributed by atoms with Gasteiger partial charge in [-0.05, 0) is 37.8 Å². The van der Waals surface area contributed by atoms with Gasteiger partial charge >= 0.3 is 0 Å². The first-order valence-electron chi connectivity index (χ1n) is 10.8. The largest absolute Gasteiger partial charge is 0.378 e. The fraction of sp³-hybridized carbons (Fsp3) is 0.565. The average molecular weight is 415 g/mol. The second kappa shape index (κ2) is 10.1. The number of aromatic nitrogens is 2. The van der Waals surface area contributed by atoms with Gasteiger partial charge in [-0.2, -0.15) is 0 Å². The smallest absolute Gasteiger partial charge is 0.295 e. The molecule has 0 atom stereocenters. The van der Waals surface area contributed by atoms with E-state index in [1.165, 1.54) is 0 Å². The number of likely N-dealkylation sites (tertiary alicyclic amines) is 1. The molecule has 2 aromatic rings. The first-order valence-corrected chi connectivity index (χ1v) is 10.8. The molecule has 1 aliphatic heterocycles. The van der Waals surface area contributed by atoms with Crippen LogP contribution >= 0.6 is 0 Å². The summed E-state index contributed by atoms with van der Waals surface area (Å²) < 4.78 is 9.28. The van der Waals surface area contributed by atoms with Crippen LogP contribution in [0, 0.1) is 12.8 Å². The molecule has 1 aliphatic rings. The van der Waals surface area contributed by atoms with Crippen molar-refractivity contribution in [2.24, 2.45) is 13.0 Å². The number of rotatable bonds is 8. The Morgan fingerprint density at radius 3 is 2.50 bits per heavy atom. The van der Waals surface area contributed by atoms with Gasteiger partial charge < -0.3 is 15.0 Å². The predicted octanol–water partition coefficient (Wildman–Crippen LogP) is 2.95. The maximum atomic E-state index is 12.9. The SMILES string of the molecule is Cc1c(NC(=O)CCN2CCC(OCC(C)C)CC2)c(=O)n(-c2ccccc2)n1C. The number of nitrogens with zero attached hydrogens (tertiary/aromatic N) is 3. The van der Waals surface area contributed by atoms with Gasteiger partial charge in [-0.15, -0.1) is 0 Å². The lowest BCUT2D eigenvalue weighted by Gasteiger charge is -2.32. The maximum absolute atomic E-state index is 12.9. The number of piperidine rings is 1. The highest BCUT2D eigenvalue weighted by molar-refractivity contribution is 5.91. The number of anilines is 1. The molecule has 1 aromatic carbocycles. The molecule has 164 valence electrons. The lowest BCUT2D eigenvalue weighted by molar-refractivity contribution is -0.116. The van der Waals surface area contributed by atoms with Gasteiger partial charge in [0.2, 0.25) is 5.91 Å². The molecule has 1 aromatic heterocycles. The van der Waals surface area contributed by atoms with E-state index in [0.717, 1.165) is 43.9 Å². The maximum Gasteiger partial charge on any atom is 0.295 e. The van der Waals surface area contributed by atoms with Crippen molar-refractivity contribution in [2.45, 2.75) is 46.1 Å². The highest BCUT2D eigenvalue weighted by Gasteiger charge is 2.22. The zero-order chi connectivity index (χ0) is 21.7. The van der Waals surface area contributed by atoms with Gasteiger partial charge in [0.05, 0.1) is 17.5 Å². The third-order valence-electron chi connectivity index (χ3n) is 5.67. The van der Waals surface area contributed by atoms with Gasteiger partial charge in [-0.3, -0.25) is 14.3 Å². The number of nitrogens with one attached hydrogen (secondary N) is 1. The van der Waals surface area contributed by atoms with Crippen molar-refractivity contribution < 1.29 is 9.53 Å². The summed E-state index contributed by atoms with van der Waals surface area (Å²) in [5.74, 6) is 0.429. The number of carbonyl (C=O) groups is 1. The van der Waals surface area contributed by atoms with E-state index >= 15 is 0 Å². The second-order valence-corrected chi connectivity index (χ2v) is 8.50. The Morgan fingerprint density at radius 2 is 1.87 bits per heavy atom. The van der Waals surface area contributed by atoms with Crippen LogP contribution in [0.2, 0.25) is 0 Å². The summed E-state index contributed by atoms with van der Waals surface area (Å²) in [5.41, 5.74) is 1.65. The van der Waals surface area contributed by atoms with Crippen molar-refractivity contribution in [1.29, 1.82) is 0 Å². The molecule has 7 nitrogen and oxygen atoms in total. The van der Waals surface area contributed by atoms with Crippen molar-refractivity contribution in [3.63, 3.8) is 0 Å². The van der Waals surface area contributed by atoms with Crippen LogP contribution < -0.4 is 10.9 Å². The fourth-order valence-electron chi connectivity index (χ4n) is 3.80. The van der Waals surface area contributed by atoms with Gasteiger partial charge in [-0.25, -0.2) is 4.68 Å². The molecule has 1 fully saturated rings. The van der Waals surface area contributed by atoms with Crippen molar-refractivity contribution in [2.75, 3.05) is 31.6 Å². The molecule has 0 unspecified atom stereocenters. The van der Waals surface area contributed by atoms with Crippen LogP contribution in [0.15, 0.2) is 35.1 Å². The minimum absolute atomic E-state index is 0.126. The Hall–Kier alpha value is -2.38. The molecule has 0 saturated carbocycles. The van der Waals surface area contributed by atoms with Crippen molar-refractivity contribution in [1.82, 2.24) is 14.3 Å². The van der Waals surface area contributed by atoms with E-state index in [4.69, 9.17) is 4.74 Å². The summed E-state index contributed by atoms with van der Waals surface area (Å²) in [6.07, 6.45) is 2.72. The minimum atomic E-state index is -0.210. The normalized spacial score (nSPS) is 15.6. The lowest BCUT2D eigenvalue weighted by atomic mass is 10.1. The Balaban J connectivity index is 1.53. The number of carbonyl (C=O) groups excluding carboxylic acids is 1. The Kier molecular flexibility index (Phi) is 7.50. The standard InChI is InChI=1S/C23H34N4O3/c1-17(2)16-30-20-10-13-26(14-11-20)15-12-21(28)24-22-18(3)25(4)27(23(22)29)19-8-6-5-7-9-19/h5-9,17,20H,10-16H2,1-4H3,(H,24,28). The van der Waals surface area contributed by atoms with Crippen molar-refractivity contribution in [3.8, 4) is 5.69 Å². The molecule has 1 N–H and O–H groups in total. The number of amides is 1. The third kappa shape index (κ3) is 5.40. The van der Waals surface area contributed by atoms with Gasteiger partial charge in [0.25, 0.3) is 5.56 Å². The lowest BCUT2D eigenvalue weighted by Crippen LogP contribution is -2.39. The monoisotopic (exact) mass is 414 g/mol. The molecule has 30 heavy (non-hydrogen) atoms. The Bertz CT molecular complexity index is 893. The Morgan fingerprint density at radius 1 is 1.20 bits per heavy atom. The van der Waals surface area contributed by atoms with Crippen LogP contribution in [0.5, 0.6) is 0 Å². The molecule has 1 amide bonds. The summed E-state index contributed by atoms with van der Waals surface area (Å²) in [4.78, 5) is 27.7. The van der Waals surface area contributed by atoms with Crippen LogP contribution in [-0.4, -0.2) is 52.5 Å². The highest BCUT2D eigenvalue weighted by atomic mass is 16.5. The van der Waals surface area contributed by atoms with E-state index in [1.54, 1.807) is 9.36 Å². The van der Waals surface area contributed by atoms with E-state index in [1.807, 2.05) is 44.3 Å². The molecule has 1 saturated heterocycles.